The van der Waals surface area contributed by atoms with Crippen LogP contribution in [0.3, 0.4) is 0 Å². The lowest BCUT2D eigenvalue weighted by Gasteiger charge is -2.28. The van der Waals surface area contributed by atoms with Gasteiger partial charge in [-0.3, -0.25) is 9.69 Å². The smallest absolute Gasteiger partial charge is 0.435 e. The highest BCUT2D eigenvalue weighted by Crippen LogP contribution is 2.51. The number of aromatic nitrogens is 2. The van der Waals surface area contributed by atoms with E-state index in [1.165, 1.54) is 56.2 Å². The van der Waals surface area contributed by atoms with E-state index in [1.807, 2.05) is 12.1 Å². The minimum absolute atomic E-state index is 0.193. The first-order chi connectivity index (χ1) is 19.0. The molecule has 0 radical (unpaired) electrons. The molecule has 40 heavy (non-hydrogen) atoms. The van der Waals surface area contributed by atoms with Gasteiger partial charge in [-0.1, -0.05) is 12.1 Å². The van der Waals surface area contributed by atoms with E-state index in [9.17, 15) is 22.8 Å². The summed E-state index contributed by atoms with van der Waals surface area (Å²) < 4.78 is 48.8. The Morgan fingerprint density at radius 2 is 1.70 bits per heavy atom. The summed E-state index contributed by atoms with van der Waals surface area (Å²) >= 11 is 0. The molecular weight excluding hydrogens is 529 g/mol. The number of carbonyl (C=O) groups is 2. The molecule has 2 aromatic carbocycles. The summed E-state index contributed by atoms with van der Waals surface area (Å²) in [6, 6.07) is 14.2. The molecule has 1 saturated carbocycles. The fraction of sp³-hybridized carbons (Fsp3) is 0.393. The van der Waals surface area contributed by atoms with Crippen LogP contribution in [0.25, 0.3) is 5.69 Å². The van der Waals surface area contributed by atoms with Crippen molar-refractivity contribution in [3.05, 3.63) is 77.1 Å². The van der Waals surface area contributed by atoms with E-state index in [2.05, 4.69) is 22.1 Å². The maximum Gasteiger partial charge on any atom is 0.435 e. The molecule has 5 rings (SSSR count). The number of hydrogen-bond acceptors (Lipinski definition) is 6. The summed E-state index contributed by atoms with van der Waals surface area (Å²) in [5.74, 6) is -1.35. The minimum atomic E-state index is -4.71. The monoisotopic (exact) mass is 560 g/mol. The number of nitrogens with two attached hydrogens (primary N) is 1. The third-order valence-electron chi connectivity index (χ3n) is 7.18. The lowest BCUT2D eigenvalue weighted by atomic mass is 9.91. The van der Waals surface area contributed by atoms with Crippen molar-refractivity contribution >= 4 is 11.9 Å². The topological polar surface area (TPSA) is 120 Å². The highest BCUT2D eigenvalue weighted by Gasteiger charge is 2.43. The van der Waals surface area contributed by atoms with E-state index in [4.69, 9.17) is 20.3 Å². The number of rotatable bonds is 8. The summed E-state index contributed by atoms with van der Waals surface area (Å²) in [5, 5.41) is 12.3. The zero-order chi connectivity index (χ0) is 28.9. The summed E-state index contributed by atoms with van der Waals surface area (Å²) in [6.45, 7) is 4.97. The number of benzene rings is 2. The Kier molecular flexibility index (Phi) is 8.79. The van der Waals surface area contributed by atoms with E-state index >= 15 is 0 Å². The Morgan fingerprint density at radius 3 is 2.20 bits per heavy atom. The zero-order valence-corrected chi connectivity index (χ0v) is 22.0. The van der Waals surface area contributed by atoms with E-state index in [0.717, 1.165) is 37.5 Å². The van der Waals surface area contributed by atoms with Gasteiger partial charge in [0.15, 0.2) is 11.4 Å². The minimum Gasteiger partial charge on any atom is -0.497 e. The normalized spacial score (nSPS) is 16.5. The van der Waals surface area contributed by atoms with Crippen LogP contribution in [0.15, 0.2) is 54.6 Å². The van der Waals surface area contributed by atoms with Crippen LogP contribution in [0.4, 0.5) is 13.2 Å². The van der Waals surface area contributed by atoms with Crippen molar-refractivity contribution < 1.29 is 37.3 Å². The Bertz CT molecular complexity index is 1310. The molecule has 12 heteroatoms. The fourth-order valence-corrected chi connectivity index (χ4v) is 4.61. The predicted octanol–water partition coefficient (Wildman–Crippen LogP) is 4.14. The largest absolute Gasteiger partial charge is 0.497 e. The highest BCUT2D eigenvalue weighted by atomic mass is 19.4. The summed E-state index contributed by atoms with van der Waals surface area (Å²) in [5.41, 5.74) is 5.95. The molecule has 214 valence electrons. The summed E-state index contributed by atoms with van der Waals surface area (Å²) in [7, 11) is 1.44. The van der Waals surface area contributed by atoms with Gasteiger partial charge in [0.05, 0.1) is 26.0 Å². The number of carbonyl (C=O) groups excluding carboxylic acids is 1. The second kappa shape index (κ2) is 12.1. The van der Waals surface area contributed by atoms with Crippen LogP contribution in [0.5, 0.6) is 5.75 Å². The first kappa shape index (κ1) is 29.1. The van der Waals surface area contributed by atoms with Gasteiger partial charge in [0, 0.05) is 24.7 Å². The van der Waals surface area contributed by atoms with Crippen LogP contribution >= 0.6 is 0 Å². The molecular formula is C28H31F3N4O5. The molecule has 9 nitrogen and oxygen atoms in total. The number of carboxylic acid groups (broad SMARTS) is 1. The molecule has 2 fully saturated rings. The van der Waals surface area contributed by atoms with Gasteiger partial charge in [-0.2, -0.15) is 18.3 Å². The second-order valence-corrected chi connectivity index (χ2v) is 9.75. The lowest BCUT2D eigenvalue weighted by molar-refractivity contribution is -0.141. The van der Waals surface area contributed by atoms with Gasteiger partial charge in [0.25, 0.3) is 0 Å². The van der Waals surface area contributed by atoms with Gasteiger partial charge in [-0.05, 0) is 73.2 Å². The van der Waals surface area contributed by atoms with Crippen molar-refractivity contribution in [2.24, 2.45) is 5.73 Å². The quantitative estimate of drug-likeness (QED) is 0.425. The number of methoxy groups -OCH3 is 1. The van der Waals surface area contributed by atoms with Crippen LogP contribution in [-0.4, -0.2) is 71.6 Å². The third-order valence-corrected chi connectivity index (χ3v) is 7.18. The van der Waals surface area contributed by atoms with Gasteiger partial charge in [-0.25, -0.2) is 9.48 Å². The van der Waals surface area contributed by atoms with Gasteiger partial charge in [0.1, 0.15) is 5.75 Å². The SMILES string of the molecule is COc1ccc(-n2nc(C(F)(F)F)cc2C(=O)O)cc1.NC(=O)c1ccc(C2(CCN3CCOCC3)CC2)cc1. The van der Waals surface area contributed by atoms with Gasteiger partial charge in [-0.15, -0.1) is 0 Å². The van der Waals surface area contributed by atoms with E-state index in [1.54, 1.807) is 0 Å². The second-order valence-electron chi connectivity index (χ2n) is 9.75. The Labute approximate surface area is 229 Å². The van der Waals surface area contributed by atoms with E-state index in [-0.39, 0.29) is 11.6 Å². The highest BCUT2D eigenvalue weighted by molar-refractivity contribution is 5.92. The molecule has 3 aromatic rings. The van der Waals surface area contributed by atoms with Crippen molar-refractivity contribution in [1.82, 2.24) is 14.7 Å². The average molecular weight is 561 g/mol. The number of nitrogens with zero attached hydrogens (tertiary/aromatic N) is 3. The Morgan fingerprint density at radius 1 is 1.07 bits per heavy atom. The molecule has 2 heterocycles. The van der Waals surface area contributed by atoms with Gasteiger partial charge < -0.3 is 20.3 Å². The number of amides is 1. The van der Waals surface area contributed by atoms with Crippen LogP contribution < -0.4 is 10.5 Å². The van der Waals surface area contributed by atoms with Crippen LogP contribution in [-0.2, 0) is 16.3 Å². The Balaban J connectivity index is 0.000000185. The van der Waals surface area contributed by atoms with Crippen molar-refractivity contribution in [1.29, 1.82) is 0 Å². The number of ether oxygens (including phenoxy) is 2. The summed E-state index contributed by atoms with van der Waals surface area (Å²) in [6.07, 6.45) is -0.995. The van der Waals surface area contributed by atoms with Gasteiger partial charge >= 0.3 is 12.1 Å². The predicted molar refractivity (Wildman–Crippen MR) is 140 cm³/mol. The van der Waals surface area contributed by atoms with Crippen molar-refractivity contribution in [2.75, 3.05) is 40.0 Å². The van der Waals surface area contributed by atoms with Crippen molar-refractivity contribution in [2.45, 2.75) is 30.9 Å². The maximum atomic E-state index is 12.6. The molecule has 2 aliphatic rings. The molecule has 1 saturated heterocycles. The fourth-order valence-electron chi connectivity index (χ4n) is 4.61. The third kappa shape index (κ3) is 6.99. The van der Waals surface area contributed by atoms with Crippen molar-refractivity contribution in [3.8, 4) is 11.4 Å². The number of hydrogen-bond donors (Lipinski definition) is 2. The zero-order valence-electron chi connectivity index (χ0n) is 22.0. The number of halogens is 3. The number of morpholine rings is 1. The van der Waals surface area contributed by atoms with Crippen LogP contribution in [0.1, 0.15) is 51.4 Å². The lowest BCUT2D eigenvalue weighted by Crippen LogP contribution is -2.37. The van der Waals surface area contributed by atoms with Crippen LogP contribution in [0, 0.1) is 0 Å². The van der Waals surface area contributed by atoms with Crippen LogP contribution in [0.2, 0.25) is 0 Å². The molecule has 3 N–H and O–H groups in total. The first-order valence-corrected chi connectivity index (χ1v) is 12.8. The first-order valence-electron chi connectivity index (χ1n) is 12.8. The standard InChI is InChI=1S/C16H22N2O2.C12H9F3N2O3/c17-15(19)13-1-3-14(4-2-13)16(5-6-16)7-8-18-9-11-20-12-10-18;1-20-8-4-2-7(3-5-8)17-9(11(18)19)6-10(16-17)12(13,14)15/h1-4H,5-12H2,(H2,17,19);2-6H,1H3,(H,18,19). The molecule has 0 atom stereocenters. The molecule has 0 unspecified atom stereocenters. The molecule has 0 spiro atoms. The molecule has 1 aliphatic carbocycles. The molecule has 0 bridgehead atoms. The van der Waals surface area contributed by atoms with Crippen molar-refractivity contribution in [3.63, 3.8) is 0 Å². The number of primary amides is 1. The number of alkyl halides is 3. The van der Waals surface area contributed by atoms with Gasteiger partial charge in [0.2, 0.25) is 5.91 Å². The summed E-state index contributed by atoms with van der Waals surface area (Å²) in [4.78, 5) is 24.6. The average Bonchev–Trinajstić information content (AvgIpc) is 3.60. The molecule has 1 amide bonds. The molecule has 1 aromatic heterocycles. The number of carboxylic acids is 1. The van der Waals surface area contributed by atoms with E-state index in [0.29, 0.717) is 22.8 Å². The van der Waals surface area contributed by atoms with E-state index < -0.39 is 23.5 Å². The number of aromatic carboxylic acids is 1. The maximum absolute atomic E-state index is 12.6. The Hall–Kier alpha value is -3.90. The molecule has 1 aliphatic heterocycles.